The number of nitrogens with zero attached hydrogens (tertiary/aromatic N) is 2. The van der Waals surface area contributed by atoms with Crippen LogP contribution in [0.15, 0.2) is 63.7 Å². The second-order valence-electron chi connectivity index (χ2n) is 7.75. The summed E-state index contributed by atoms with van der Waals surface area (Å²) >= 11 is 3.08. The van der Waals surface area contributed by atoms with E-state index < -0.39 is 10.0 Å². The molecule has 4 rings (SSSR count). The fourth-order valence-corrected chi connectivity index (χ4v) is 6.25. The zero-order valence-corrected chi connectivity index (χ0v) is 20.4. The number of hydrogen-bond donors (Lipinski definition) is 1. The van der Waals surface area contributed by atoms with Crippen molar-refractivity contribution in [2.45, 2.75) is 29.6 Å². The molecule has 0 radical (unpaired) electrons. The van der Waals surface area contributed by atoms with Gasteiger partial charge in [-0.2, -0.15) is 4.31 Å². The molecule has 0 unspecified atom stereocenters. The zero-order valence-electron chi connectivity index (χ0n) is 17.9. The molecule has 168 valence electrons. The second-order valence-corrected chi connectivity index (χ2v) is 11.4. The van der Waals surface area contributed by atoms with Gasteiger partial charge in [-0.05, 0) is 50.3 Å². The van der Waals surface area contributed by atoms with Gasteiger partial charge in [0.25, 0.3) is 0 Å². The van der Waals surface area contributed by atoms with E-state index in [1.165, 1.54) is 20.5 Å². The van der Waals surface area contributed by atoms with Gasteiger partial charge in [-0.3, -0.25) is 4.79 Å². The van der Waals surface area contributed by atoms with E-state index >= 15 is 0 Å². The van der Waals surface area contributed by atoms with Crippen LogP contribution in [0.25, 0.3) is 11.3 Å². The van der Waals surface area contributed by atoms with Gasteiger partial charge in [-0.25, -0.2) is 13.4 Å². The first-order valence-electron chi connectivity index (χ1n) is 10.3. The Morgan fingerprint density at radius 3 is 2.38 bits per heavy atom. The summed E-state index contributed by atoms with van der Waals surface area (Å²) in [7, 11) is -3.53. The number of rotatable bonds is 6. The molecular weight excluding hydrogens is 462 g/mol. The predicted molar refractivity (Wildman–Crippen MR) is 131 cm³/mol. The Hall–Kier alpha value is -2.20. The topological polar surface area (TPSA) is 79.4 Å². The average molecular weight is 488 g/mol. The second kappa shape index (κ2) is 9.74. The lowest BCUT2D eigenvalue weighted by Crippen LogP contribution is -2.41. The van der Waals surface area contributed by atoms with Crippen molar-refractivity contribution in [3.8, 4) is 11.3 Å². The van der Waals surface area contributed by atoms with Crippen molar-refractivity contribution in [3.05, 3.63) is 59.5 Å². The molecule has 0 bridgehead atoms. The number of thioether (sulfide) groups is 1. The van der Waals surface area contributed by atoms with Crippen LogP contribution in [0, 0.1) is 12.8 Å². The van der Waals surface area contributed by atoms with Gasteiger partial charge in [-0.1, -0.05) is 29.8 Å². The number of hydrogen-bond acceptors (Lipinski definition) is 6. The van der Waals surface area contributed by atoms with Gasteiger partial charge >= 0.3 is 0 Å². The van der Waals surface area contributed by atoms with Gasteiger partial charge in [0.1, 0.15) is 0 Å². The maximum atomic E-state index is 12.9. The first-order chi connectivity index (χ1) is 15.4. The third kappa shape index (κ3) is 5.06. The molecule has 1 amide bonds. The fourth-order valence-electron chi connectivity index (χ4n) is 3.65. The fraction of sp³-hybridized carbons (Fsp3) is 0.304. The van der Waals surface area contributed by atoms with E-state index in [0.29, 0.717) is 36.0 Å². The normalized spacial score (nSPS) is 15.6. The van der Waals surface area contributed by atoms with Gasteiger partial charge in [-0.15, -0.1) is 23.1 Å². The molecule has 0 saturated carbocycles. The molecule has 32 heavy (non-hydrogen) atoms. The molecule has 1 aromatic heterocycles. The number of nitrogens with one attached hydrogen (secondary N) is 1. The van der Waals surface area contributed by atoms with Gasteiger partial charge in [0.2, 0.25) is 15.9 Å². The van der Waals surface area contributed by atoms with E-state index in [4.69, 9.17) is 0 Å². The van der Waals surface area contributed by atoms with E-state index in [2.05, 4.69) is 22.4 Å². The predicted octanol–water partition coefficient (Wildman–Crippen LogP) is 4.88. The SMILES string of the molecule is CSc1ccc(-c2csc(NC(=O)C3CCN(S(=O)(=O)c4ccc(C)cc4)CC3)n2)cc1. The van der Waals surface area contributed by atoms with Crippen molar-refractivity contribution in [1.29, 1.82) is 0 Å². The van der Waals surface area contributed by atoms with Gasteiger partial charge in [0.15, 0.2) is 5.13 Å². The van der Waals surface area contributed by atoms with Crippen LogP contribution < -0.4 is 5.32 Å². The molecule has 9 heteroatoms. The first-order valence-corrected chi connectivity index (χ1v) is 13.9. The summed E-state index contributed by atoms with van der Waals surface area (Å²) in [5.41, 5.74) is 2.85. The monoisotopic (exact) mass is 487 g/mol. The number of aromatic nitrogens is 1. The molecule has 2 heterocycles. The average Bonchev–Trinajstić information content (AvgIpc) is 3.28. The molecular formula is C23H25N3O3S3. The Balaban J connectivity index is 1.35. The number of carbonyl (C=O) groups is 1. The minimum atomic E-state index is -3.53. The number of carbonyl (C=O) groups excluding carboxylic acids is 1. The van der Waals surface area contributed by atoms with Crippen LogP contribution in [0.3, 0.4) is 0 Å². The summed E-state index contributed by atoms with van der Waals surface area (Å²) in [5.74, 6) is -0.330. The standard InChI is InChI=1S/C23H25N3O3S3/c1-16-3-9-20(10-4-16)32(28,29)26-13-11-18(12-14-26)22(27)25-23-24-21(15-31-23)17-5-7-19(30-2)8-6-17/h3-10,15,18H,11-14H2,1-2H3,(H,24,25,27). The number of amides is 1. The van der Waals surface area contributed by atoms with Gasteiger partial charge < -0.3 is 5.32 Å². The number of sulfonamides is 1. The maximum Gasteiger partial charge on any atom is 0.243 e. The van der Waals surface area contributed by atoms with Crippen LogP contribution in [0.1, 0.15) is 18.4 Å². The Morgan fingerprint density at radius 2 is 1.75 bits per heavy atom. The third-order valence-corrected chi connectivity index (χ3v) is 9.02. The smallest absolute Gasteiger partial charge is 0.243 e. The Kier molecular flexibility index (Phi) is 6.99. The van der Waals surface area contributed by atoms with E-state index in [0.717, 1.165) is 16.8 Å². The summed E-state index contributed by atoms with van der Waals surface area (Å²) in [4.78, 5) is 18.8. The van der Waals surface area contributed by atoms with Crippen LogP contribution in [-0.4, -0.2) is 43.0 Å². The van der Waals surface area contributed by atoms with Crippen LogP contribution in [0.2, 0.25) is 0 Å². The number of aryl methyl sites for hydroxylation is 1. The highest BCUT2D eigenvalue weighted by molar-refractivity contribution is 7.98. The molecule has 1 N–H and O–H groups in total. The highest BCUT2D eigenvalue weighted by Crippen LogP contribution is 2.29. The van der Waals surface area contributed by atoms with E-state index in [-0.39, 0.29) is 11.8 Å². The number of thiazole rings is 1. The first kappa shape index (κ1) is 23.0. The van der Waals surface area contributed by atoms with Crippen molar-refractivity contribution in [3.63, 3.8) is 0 Å². The molecule has 1 aliphatic rings. The summed E-state index contributed by atoms with van der Waals surface area (Å²) in [6.07, 6.45) is 3.02. The van der Waals surface area contributed by atoms with Crippen molar-refractivity contribution in [2.75, 3.05) is 24.7 Å². The van der Waals surface area contributed by atoms with Crippen LogP contribution in [0.4, 0.5) is 5.13 Å². The van der Waals surface area contributed by atoms with Crippen LogP contribution in [0.5, 0.6) is 0 Å². The minimum absolute atomic E-state index is 0.101. The lowest BCUT2D eigenvalue weighted by atomic mass is 9.97. The summed E-state index contributed by atoms with van der Waals surface area (Å²) in [5, 5.41) is 5.41. The van der Waals surface area contributed by atoms with Crippen LogP contribution >= 0.6 is 23.1 Å². The van der Waals surface area contributed by atoms with Crippen molar-refractivity contribution in [2.24, 2.45) is 5.92 Å². The van der Waals surface area contributed by atoms with Gasteiger partial charge in [0.05, 0.1) is 10.6 Å². The molecule has 6 nitrogen and oxygen atoms in total. The summed E-state index contributed by atoms with van der Waals surface area (Å²) in [6, 6.07) is 15.0. The number of anilines is 1. The highest BCUT2D eigenvalue weighted by atomic mass is 32.2. The molecule has 3 aromatic rings. The van der Waals surface area contributed by atoms with Crippen molar-refractivity contribution in [1.82, 2.24) is 9.29 Å². The third-order valence-electron chi connectivity index (χ3n) is 5.60. The highest BCUT2D eigenvalue weighted by Gasteiger charge is 2.32. The molecule has 1 fully saturated rings. The Bertz CT molecular complexity index is 1180. The van der Waals surface area contributed by atoms with Gasteiger partial charge in [0, 0.05) is 34.8 Å². The van der Waals surface area contributed by atoms with Crippen molar-refractivity contribution >= 4 is 44.2 Å². The maximum absolute atomic E-state index is 12.9. The summed E-state index contributed by atoms with van der Waals surface area (Å²) < 4.78 is 27.2. The Labute approximate surface area is 197 Å². The molecule has 1 aliphatic heterocycles. The lowest BCUT2D eigenvalue weighted by Gasteiger charge is -2.30. The van der Waals surface area contributed by atoms with Crippen LogP contribution in [-0.2, 0) is 14.8 Å². The molecule has 0 atom stereocenters. The number of piperidine rings is 1. The van der Waals surface area contributed by atoms with E-state index in [9.17, 15) is 13.2 Å². The molecule has 1 saturated heterocycles. The zero-order chi connectivity index (χ0) is 22.7. The van der Waals surface area contributed by atoms with E-state index in [1.54, 1.807) is 36.0 Å². The molecule has 0 spiro atoms. The number of benzene rings is 2. The van der Waals surface area contributed by atoms with E-state index in [1.807, 2.05) is 30.7 Å². The summed E-state index contributed by atoms with van der Waals surface area (Å²) in [6.45, 7) is 2.59. The Morgan fingerprint density at radius 1 is 1.09 bits per heavy atom. The molecule has 0 aliphatic carbocycles. The van der Waals surface area contributed by atoms with Crippen molar-refractivity contribution < 1.29 is 13.2 Å². The molecule has 2 aromatic carbocycles. The minimum Gasteiger partial charge on any atom is -0.302 e. The largest absolute Gasteiger partial charge is 0.302 e. The lowest BCUT2D eigenvalue weighted by molar-refractivity contribution is -0.120. The quantitative estimate of drug-likeness (QED) is 0.501.